The van der Waals surface area contributed by atoms with Crippen molar-refractivity contribution >= 4 is 28.4 Å². The van der Waals surface area contributed by atoms with Crippen LogP contribution in [0.3, 0.4) is 0 Å². The quantitative estimate of drug-likeness (QED) is 0.192. The van der Waals surface area contributed by atoms with Gasteiger partial charge in [-0.25, -0.2) is 0 Å². The van der Waals surface area contributed by atoms with Gasteiger partial charge in [0.2, 0.25) is 0 Å². The minimum absolute atomic E-state index is 0.198. The van der Waals surface area contributed by atoms with Gasteiger partial charge in [0.15, 0.2) is 16.6 Å². The van der Waals surface area contributed by atoms with E-state index in [1.165, 1.54) is 43.4 Å². The summed E-state index contributed by atoms with van der Waals surface area (Å²) in [4.78, 5) is 1.28. The molecule has 4 aliphatic rings. The summed E-state index contributed by atoms with van der Waals surface area (Å²) in [6, 6.07) is 8.54. The molecule has 50 heavy (non-hydrogen) atoms. The molecule has 1 aromatic rings. The molecule has 1 N–H and O–H groups in total. The first-order valence-corrected chi connectivity index (χ1v) is 27.0. The Kier molecular flexibility index (Phi) is 11.8. The van der Waals surface area contributed by atoms with Crippen LogP contribution in [-0.4, -0.2) is 39.7 Å². The molecule has 4 aliphatic carbocycles. The number of hydrogen-bond acceptors (Lipinski definition) is 4. The second-order valence-corrected chi connectivity index (χ2v) is 31.4. The molecule has 1 spiro atoms. The van der Waals surface area contributed by atoms with Gasteiger partial charge in [0.05, 0.1) is 17.8 Å². The Hall–Kier alpha value is -0.636. The van der Waals surface area contributed by atoms with E-state index in [0.29, 0.717) is 5.92 Å². The van der Waals surface area contributed by atoms with E-state index >= 15 is 0 Å². The van der Waals surface area contributed by atoms with Crippen molar-refractivity contribution in [2.75, 3.05) is 5.75 Å². The second-order valence-electron chi connectivity index (χ2n) is 20.8. The van der Waals surface area contributed by atoms with E-state index in [-0.39, 0.29) is 27.7 Å². The largest absolute Gasteiger partial charge is 0.413 e. The van der Waals surface area contributed by atoms with Gasteiger partial charge in [-0.3, -0.25) is 0 Å². The Morgan fingerprint density at radius 3 is 1.98 bits per heavy atom. The molecule has 0 amide bonds. The van der Waals surface area contributed by atoms with E-state index in [4.69, 9.17) is 8.85 Å². The topological polar surface area (TPSA) is 38.7 Å². The molecule has 0 bridgehead atoms. The van der Waals surface area contributed by atoms with Gasteiger partial charge in [0.25, 0.3) is 0 Å². The highest BCUT2D eigenvalue weighted by molar-refractivity contribution is 7.99. The monoisotopic (exact) mass is 738 g/mol. The SMILES string of the molecule is C[C@@H](CSc1cccc(C(C)(C)O)c1)[C@@H]1CC[C@@H]2/C(=C/C=C3C[C@@H](O[Si](C)(C)C(C)(C)C)C4(CC4)[C@H](O[Si](C)(C)C(C)(C)C)C3)CC[C@H](C)[C@H]12. The lowest BCUT2D eigenvalue weighted by atomic mass is 9.67. The number of rotatable bonds is 10. The molecule has 5 rings (SSSR count). The summed E-state index contributed by atoms with van der Waals surface area (Å²) >= 11 is 1.98. The van der Waals surface area contributed by atoms with E-state index in [0.717, 1.165) is 47.8 Å². The van der Waals surface area contributed by atoms with E-state index in [1.807, 2.05) is 31.7 Å². The lowest BCUT2D eigenvalue weighted by Crippen LogP contribution is -2.54. The predicted octanol–water partition coefficient (Wildman–Crippen LogP) is 12.9. The number of thioether (sulfide) groups is 1. The molecule has 282 valence electrons. The Morgan fingerprint density at radius 2 is 1.46 bits per heavy atom. The van der Waals surface area contributed by atoms with Crippen molar-refractivity contribution in [1.29, 1.82) is 0 Å². The van der Waals surface area contributed by atoms with Crippen molar-refractivity contribution in [2.24, 2.45) is 35.0 Å². The average Bonchev–Trinajstić information content (AvgIpc) is 3.66. The van der Waals surface area contributed by atoms with Gasteiger partial charge in [-0.15, -0.1) is 11.8 Å². The fourth-order valence-corrected chi connectivity index (χ4v) is 12.8. The summed E-state index contributed by atoms with van der Waals surface area (Å²) in [5.41, 5.74) is 3.68. The van der Waals surface area contributed by atoms with Gasteiger partial charge in [-0.05, 0) is 149 Å². The standard InChI is InChI=1S/C44H74O3SSi2/c1-30-18-20-33(37-23-22-36(40(30)37)31(2)29-48-35-17-15-16-34(28-35)43(9,10)45)21-19-32-26-38(46-49(11,12)41(3,4)5)44(24-25-44)39(27-32)47-50(13,14)42(6,7)8/h15-17,19,21,28,30-31,36-40,45H,18,20,22-27,29H2,1-14H3/b33-21+/t30-,31-,36-,37+,38+,39+,40+/m0/s1. The number of hydrogen-bond donors (Lipinski definition) is 1. The van der Waals surface area contributed by atoms with Crippen molar-refractivity contribution in [2.45, 2.75) is 180 Å². The molecule has 4 fully saturated rings. The third-order valence-corrected chi connectivity index (χ3v) is 24.9. The number of allylic oxidation sites excluding steroid dienone is 3. The summed E-state index contributed by atoms with van der Waals surface area (Å²) in [5.74, 6) is 4.91. The third kappa shape index (κ3) is 8.67. The van der Waals surface area contributed by atoms with Crippen molar-refractivity contribution in [3.63, 3.8) is 0 Å². The Balaban J connectivity index is 1.34. The molecule has 0 heterocycles. The fraction of sp³-hybridized carbons (Fsp3) is 0.773. The van der Waals surface area contributed by atoms with E-state index < -0.39 is 22.2 Å². The van der Waals surface area contributed by atoms with Gasteiger partial charge in [-0.1, -0.05) is 90.8 Å². The van der Waals surface area contributed by atoms with Crippen LogP contribution in [0.4, 0.5) is 0 Å². The first kappa shape index (κ1) is 40.5. The van der Waals surface area contributed by atoms with E-state index in [9.17, 15) is 5.11 Å². The Morgan fingerprint density at radius 1 is 0.880 bits per heavy atom. The molecule has 0 radical (unpaired) electrons. The van der Waals surface area contributed by atoms with Crippen LogP contribution in [0.2, 0.25) is 36.3 Å². The molecule has 0 saturated heterocycles. The summed E-state index contributed by atoms with van der Waals surface area (Å²) in [6.45, 7) is 32.9. The van der Waals surface area contributed by atoms with Gasteiger partial charge >= 0.3 is 0 Å². The summed E-state index contributed by atoms with van der Waals surface area (Å²) < 4.78 is 14.7. The van der Waals surface area contributed by atoms with Crippen molar-refractivity contribution in [3.8, 4) is 0 Å². The van der Waals surface area contributed by atoms with Crippen LogP contribution in [0.1, 0.15) is 126 Å². The first-order valence-electron chi connectivity index (χ1n) is 20.1. The Bertz CT molecular complexity index is 1360. The van der Waals surface area contributed by atoms with E-state index in [2.05, 4.69) is 112 Å². The normalized spacial score (nSPS) is 30.5. The van der Waals surface area contributed by atoms with Crippen LogP contribution < -0.4 is 0 Å². The molecule has 3 nitrogen and oxygen atoms in total. The van der Waals surface area contributed by atoms with Crippen molar-refractivity contribution in [3.05, 3.63) is 53.1 Å². The molecule has 1 aromatic carbocycles. The molecule has 0 unspecified atom stereocenters. The predicted molar refractivity (Wildman–Crippen MR) is 221 cm³/mol. The third-order valence-electron chi connectivity index (χ3n) is 14.6. The highest BCUT2D eigenvalue weighted by Gasteiger charge is 2.61. The Labute approximate surface area is 314 Å². The second kappa shape index (κ2) is 14.5. The summed E-state index contributed by atoms with van der Waals surface area (Å²) in [5, 5.41) is 10.9. The number of fused-ring (bicyclic) bond motifs is 1. The zero-order valence-corrected chi connectivity index (χ0v) is 37.4. The van der Waals surface area contributed by atoms with Crippen molar-refractivity contribution in [1.82, 2.24) is 0 Å². The van der Waals surface area contributed by atoms with Crippen molar-refractivity contribution < 1.29 is 14.0 Å². The van der Waals surface area contributed by atoms with Crippen LogP contribution in [0.5, 0.6) is 0 Å². The van der Waals surface area contributed by atoms with Gasteiger partial charge in [-0.2, -0.15) is 0 Å². The highest BCUT2D eigenvalue weighted by atomic mass is 32.2. The maximum atomic E-state index is 10.5. The van der Waals surface area contributed by atoms with Crippen LogP contribution in [0, 0.1) is 35.0 Å². The number of aliphatic hydroxyl groups is 1. The van der Waals surface area contributed by atoms with Gasteiger partial charge < -0.3 is 14.0 Å². The van der Waals surface area contributed by atoms with Crippen LogP contribution in [-0.2, 0) is 14.5 Å². The molecule has 6 heteroatoms. The zero-order valence-electron chi connectivity index (χ0n) is 34.5. The fourth-order valence-electron chi connectivity index (χ4n) is 8.97. The molecular formula is C44H74O3SSi2. The summed E-state index contributed by atoms with van der Waals surface area (Å²) in [6.07, 6.45) is 15.6. The zero-order chi connectivity index (χ0) is 37.1. The highest BCUT2D eigenvalue weighted by Crippen LogP contribution is 2.62. The molecule has 4 saturated carbocycles. The lowest BCUT2D eigenvalue weighted by molar-refractivity contribution is -0.00939. The van der Waals surface area contributed by atoms with Crippen LogP contribution >= 0.6 is 11.8 Å². The van der Waals surface area contributed by atoms with Gasteiger partial charge in [0, 0.05) is 16.1 Å². The maximum Gasteiger partial charge on any atom is 0.192 e. The average molecular weight is 739 g/mol. The minimum Gasteiger partial charge on any atom is -0.413 e. The number of benzene rings is 1. The maximum absolute atomic E-state index is 10.5. The lowest BCUT2D eigenvalue weighted by Gasteiger charge is -2.49. The smallest absolute Gasteiger partial charge is 0.192 e. The molecule has 0 aromatic heterocycles. The van der Waals surface area contributed by atoms with Crippen LogP contribution in [0.25, 0.3) is 0 Å². The van der Waals surface area contributed by atoms with E-state index in [1.54, 1.807) is 11.1 Å². The minimum atomic E-state index is -1.93. The first-order chi connectivity index (χ1) is 23.0. The summed E-state index contributed by atoms with van der Waals surface area (Å²) in [7, 11) is -3.87. The molecular weight excluding hydrogens is 665 g/mol. The van der Waals surface area contributed by atoms with Crippen LogP contribution in [0.15, 0.2) is 52.5 Å². The van der Waals surface area contributed by atoms with Gasteiger partial charge in [0.1, 0.15) is 0 Å². The molecule has 7 atom stereocenters. The molecule has 0 aliphatic heterocycles.